The third kappa shape index (κ3) is 5.21. The van der Waals surface area contributed by atoms with Crippen molar-refractivity contribution in [2.45, 2.75) is 52.7 Å². The number of ether oxygens (including phenoxy) is 1. The summed E-state index contributed by atoms with van der Waals surface area (Å²) < 4.78 is 5.41. The van der Waals surface area contributed by atoms with Crippen molar-refractivity contribution in [1.82, 2.24) is 5.32 Å². The van der Waals surface area contributed by atoms with E-state index in [0.717, 1.165) is 5.56 Å². The molecule has 0 fully saturated rings. The number of hydrogen-bond donors (Lipinski definition) is 1. The number of carbonyl (C=O) groups excluding carboxylic acids is 2. The van der Waals surface area contributed by atoms with Crippen molar-refractivity contribution in [3.63, 3.8) is 0 Å². The molecule has 3 atom stereocenters. The van der Waals surface area contributed by atoms with E-state index in [0.29, 0.717) is 12.8 Å². The van der Waals surface area contributed by atoms with Crippen molar-refractivity contribution < 1.29 is 14.3 Å². The van der Waals surface area contributed by atoms with Gasteiger partial charge >= 0.3 is 6.09 Å². The summed E-state index contributed by atoms with van der Waals surface area (Å²) in [7, 11) is 0. The number of Topliss-reactive ketones (excluding diaryl/α,β-unsaturated/α-hetero) is 1. The maximum atomic E-state index is 12.0. The fourth-order valence-corrected chi connectivity index (χ4v) is 2.24. The zero-order valence-corrected chi connectivity index (χ0v) is 13.3. The number of rotatable bonds is 7. The number of ketones is 1. The summed E-state index contributed by atoms with van der Waals surface area (Å²) in [5.41, 5.74) is 1.01. The van der Waals surface area contributed by atoms with Crippen LogP contribution >= 0.6 is 0 Å². The van der Waals surface area contributed by atoms with Crippen LogP contribution in [0, 0.1) is 5.92 Å². The molecule has 0 saturated carbocycles. The predicted octanol–water partition coefficient (Wildman–Crippen LogP) is 3.87. The Morgan fingerprint density at radius 2 is 1.76 bits per heavy atom. The first-order valence-electron chi connectivity index (χ1n) is 7.54. The van der Waals surface area contributed by atoms with E-state index < -0.39 is 6.09 Å². The summed E-state index contributed by atoms with van der Waals surface area (Å²) >= 11 is 0. The van der Waals surface area contributed by atoms with Crippen LogP contribution in [0.15, 0.2) is 30.3 Å². The number of nitrogens with one attached hydrogen (secondary N) is 1. The zero-order chi connectivity index (χ0) is 15.8. The highest BCUT2D eigenvalue weighted by Gasteiger charge is 2.25. The molecule has 0 heterocycles. The average molecular weight is 291 g/mol. The first-order valence-corrected chi connectivity index (χ1v) is 7.54. The largest absolute Gasteiger partial charge is 0.445 e. The van der Waals surface area contributed by atoms with Crippen LogP contribution in [0.2, 0.25) is 0 Å². The van der Waals surface area contributed by atoms with Gasteiger partial charge < -0.3 is 10.1 Å². The van der Waals surface area contributed by atoms with Crippen LogP contribution in [0.25, 0.3) is 0 Å². The van der Waals surface area contributed by atoms with Crippen LogP contribution in [0.4, 0.5) is 4.79 Å². The minimum Gasteiger partial charge on any atom is -0.445 e. The van der Waals surface area contributed by atoms with Crippen molar-refractivity contribution in [2.75, 3.05) is 0 Å². The molecule has 1 aromatic carbocycles. The Bertz CT molecular complexity index is 458. The van der Waals surface area contributed by atoms with Gasteiger partial charge in [-0.3, -0.25) is 4.79 Å². The minimum atomic E-state index is -0.478. The van der Waals surface area contributed by atoms with E-state index in [1.54, 1.807) is 0 Å². The molecular weight excluding hydrogens is 266 g/mol. The molecule has 1 aromatic rings. The van der Waals surface area contributed by atoms with Gasteiger partial charge in [0.2, 0.25) is 0 Å². The summed E-state index contributed by atoms with van der Waals surface area (Å²) in [6, 6.07) is 9.55. The molecule has 4 nitrogen and oxygen atoms in total. The molecule has 0 radical (unpaired) electrons. The standard InChI is InChI=1S/C17H25NO3/c1-5-15(19)12(3)16(6-2)21-17(20)18-13(4)14-10-8-7-9-11-14/h7-13,16H,5-6H2,1-4H3,(H,18,20)/t12-,13+,16-/m1/s1. The van der Waals surface area contributed by atoms with E-state index >= 15 is 0 Å². The molecule has 1 N–H and O–H groups in total. The maximum absolute atomic E-state index is 12.0. The van der Waals surface area contributed by atoms with Crippen LogP contribution in [0.1, 0.15) is 52.1 Å². The average Bonchev–Trinajstić information content (AvgIpc) is 2.51. The lowest BCUT2D eigenvalue weighted by atomic mass is 9.96. The molecule has 1 rings (SSSR count). The summed E-state index contributed by atoms with van der Waals surface area (Å²) in [5.74, 6) is -0.150. The van der Waals surface area contributed by atoms with Crippen LogP contribution < -0.4 is 5.32 Å². The summed E-state index contributed by atoms with van der Waals surface area (Å²) in [4.78, 5) is 23.7. The highest BCUT2D eigenvalue weighted by Crippen LogP contribution is 2.16. The quantitative estimate of drug-likeness (QED) is 0.829. The van der Waals surface area contributed by atoms with E-state index in [-0.39, 0.29) is 23.8 Å². The van der Waals surface area contributed by atoms with Gasteiger partial charge in [0.25, 0.3) is 0 Å². The Labute approximate surface area is 126 Å². The number of benzene rings is 1. The van der Waals surface area contributed by atoms with Gasteiger partial charge in [0.15, 0.2) is 0 Å². The van der Waals surface area contributed by atoms with Gasteiger partial charge in [-0.25, -0.2) is 4.79 Å². The lowest BCUT2D eigenvalue weighted by Crippen LogP contribution is -2.35. The van der Waals surface area contributed by atoms with E-state index in [1.165, 1.54) is 0 Å². The second-order valence-electron chi connectivity index (χ2n) is 5.24. The lowest BCUT2D eigenvalue weighted by Gasteiger charge is -2.23. The van der Waals surface area contributed by atoms with Gasteiger partial charge in [-0.15, -0.1) is 0 Å². The minimum absolute atomic E-state index is 0.116. The molecular formula is C17H25NO3. The Morgan fingerprint density at radius 3 is 2.29 bits per heavy atom. The van der Waals surface area contributed by atoms with E-state index in [1.807, 2.05) is 58.0 Å². The smallest absolute Gasteiger partial charge is 0.407 e. The normalized spacial score (nSPS) is 14.9. The Kier molecular flexibility index (Phi) is 6.92. The first kappa shape index (κ1) is 17.2. The molecule has 0 unspecified atom stereocenters. The highest BCUT2D eigenvalue weighted by atomic mass is 16.6. The fraction of sp³-hybridized carbons (Fsp3) is 0.529. The molecule has 1 amide bonds. The van der Waals surface area contributed by atoms with Crippen molar-refractivity contribution in [3.8, 4) is 0 Å². The topological polar surface area (TPSA) is 55.4 Å². The molecule has 0 aliphatic rings. The van der Waals surface area contributed by atoms with Crippen molar-refractivity contribution >= 4 is 11.9 Å². The second-order valence-corrected chi connectivity index (χ2v) is 5.24. The van der Waals surface area contributed by atoms with Gasteiger partial charge in [0.05, 0.1) is 12.0 Å². The first-order chi connectivity index (χ1) is 9.99. The number of carbonyl (C=O) groups is 2. The Hall–Kier alpha value is -1.84. The van der Waals surface area contributed by atoms with Crippen molar-refractivity contribution in [1.29, 1.82) is 0 Å². The summed E-state index contributed by atoms with van der Waals surface area (Å²) in [5, 5.41) is 2.80. The molecule has 0 aromatic heterocycles. The number of amides is 1. The van der Waals surface area contributed by atoms with Gasteiger partial charge in [-0.1, -0.05) is 51.1 Å². The van der Waals surface area contributed by atoms with Gasteiger partial charge in [0.1, 0.15) is 11.9 Å². The predicted molar refractivity (Wildman–Crippen MR) is 83.0 cm³/mol. The SMILES string of the molecule is CCC(=O)[C@@H](C)[C@@H](CC)OC(=O)N[C@@H](C)c1ccccc1. The third-order valence-electron chi connectivity index (χ3n) is 3.71. The lowest BCUT2D eigenvalue weighted by molar-refractivity contribution is -0.125. The van der Waals surface area contributed by atoms with Gasteiger partial charge in [-0.2, -0.15) is 0 Å². The van der Waals surface area contributed by atoms with Crippen molar-refractivity contribution in [3.05, 3.63) is 35.9 Å². The van der Waals surface area contributed by atoms with Crippen molar-refractivity contribution in [2.24, 2.45) is 5.92 Å². The molecule has 4 heteroatoms. The van der Waals surface area contributed by atoms with Crippen LogP contribution in [-0.4, -0.2) is 18.0 Å². The summed E-state index contributed by atoms with van der Waals surface area (Å²) in [6.45, 7) is 7.45. The van der Waals surface area contributed by atoms with Crippen LogP contribution in [0.5, 0.6) is 0 Å². The molecule has 0 spiro atoms. The third-order valence-corrected chi connectivity index (χ3v) is 3.71. The second kappa shape index (κ2) is 8.45. The Balaban J connectivity index is 2.57. The van der Waals surface area contributed by atoms with Gasteiger partial charge in [-0.05, 0) is 18.9 Å². The molecule has 0 aliphatic carbocycles. The molecule has 0 saturated heterocycles. The molecule has 0 bridgehead atoms. The fourth-order valence-electron chi connectivity index (χ4n) is 2.24. The van der Waals surface area contributed by atoms with Gasteiger partial charge in [0, 0.05) is 6.42 Å². The molecule has 21 heavy (non-hydrogen) atoms. The monoisotopic (exact) mass is 291 g/mol. The number of hydrogen-bond acceptors (Lipinski definition) is 3. The number of alkyl carbamates (subject to hydrolysis) is 1. The maximum Gasteiger partial charge on any atom is 0.407 e. The van der Waals surface area contributed by atoms with E-state index in [2.05, 4.69) is 5.32 Å². The van der Waals surface area contributed by atoms with E-state index in [4.69, 9.17) is 4.74 Å². The van der Waals surface area contributed by atoms with Crippen LogP contribution in [-0.2, 0) is 9.53 Å². The summed E-state index contributed by atoms with van der Waals surface area (Å²) in [6.07, 6.45) is 0.234. The molecule has 0 aliphatic heterocycles. The van der Waals surface area contributed by atoms with E-state index in [9.17, 15) is 9.59 Å². The Morgan fingerprint density at radius 1 is 1.14 bits per heavy atom. The zero-order valence-electron chi connectivity index (χ0n) is 13.3. The highest BCUT2D eigenvalue weighted by molar-refractivity contribution is 5.81. The molecule has 116 valence electrons. The van der Waals surface area contributed by atoms with Crippen LogP contribution in [0.3, 0.4) is 0 Å².